The molecule has 3 heterocycles. The first-order chi connectivity index (χ1) is 10.00. The number of hydrogen-bond donors (Lipinski definition) is 0. The third-order valence-electron chi connectivity index (χ3n) is 4.07. The van der Waals surface area contributed by atoms with Gasteiger partial charge in [-0.3, -0.25) is 4.90 Å². The van der Waals surface area contributed by atoms with E-state index in [1.807, 2.05) is 0 Å². The Bertz CT molecular complexity index is 674. The van der Waals surface area contributed by atoms with Crippen LogP contribution in [0, 0.1) is 11.3 Å². The lowest BCUT2D eigenvalue weighted by Crippen LogP contribution is -2.50. The first-order valence-corrected chi connectivity index (χ1v) is 9.72. The van der Waals surface area contributed by atoms with Gasteiger partial charge >= 0.3 is 0 Å². The minimum absolute atomic E-state index is 0.151. The summed E-state index contributed by atoms with van der Waals surface area (Å²) < 4.78 is 27.2. The van der Waals surface area contributed by atoms with Gasteiger partial charge in [0.05, 0.1) is 11.5 Å². The lowest BCUT2D eigenvalue weighted by Gasteiger charge is -2.38. The predicted octanol–water partition coefficient (Wildman–Crippen LogP) is 0.977. The Morgan fingerprint density at radius 3 is 2.62 bits per heavy atom. The van der Waals surface area contributed by atoms with Crippen molar-refractivity contribution in [3.8, 4) is 6.07 Å². The van der Waals surface area contributed by atoms with E-state index in [2.05, 4.69) is 20.2 Å². The van der Waals surface area contributed by atoms with E-state index >= 15 is 0 Å². The Morgan fingerprint density at radius 2 is 2.05 bits per heavy atom. The number of sulfone groups is 1. The minimum atomic E-state index is -2.84. The average Bonchev–Trinajstić information content (AvgIpc) is 3.01. The lowest BCUT2D eigenvalue weighted by molar-refractivity contribution is 0.201. The van der Waals surface area contributed by atoms with Crippen LogP contribution in [0.3, 0.4) is 0 Å². The molecule has 114 valence electrons. The van der Waals surface area contributed by atoms with E-state index in [1.165, 1.54) is 11.5 Å². The van der Waals surface area contributed by atoms with E-state index in [9.17, 15) is 8.42 Å². The molecule has 0 radical (unpaired) electrons. The van der Waals surface area contributed by atoms with Crippen molar-refractivity contribution in [2.45, 2.75) is 12.5 Å². The molecule has 3 rings (SSSR count). The molecule has 0 aromatic carbocycles. The highest BCUT2D eigenvalue weighted by Crippen LogP contribution is 2.32. The number of nitrogens with zero attached hydrogens (tertiary/aromatic N) is 4. The molecule has 1 atom stereocenters. The number of aromatic nitrogens is 1. The molecule has 9 heteroatoms. The van der Waals surface area contributed by atoms with Crippen LogP contribution in [0.5, 0.6) is 0 Å². The number of hydrogen-bond acceptors (Lipinski definition) is 7. The van der Waals surface area contributed by atoms with Gasteiger partial charge in [-0.1, -0.05) is 11.6 Å². The van der Waals surface area contributed by atoms with Gasteiger partial charge in [0.15, 0.2) is 15.0 Å². The Kier molecular flexibility index (Phi) is 4.10. The fraction of sp³-hybridized carbons (Fsp3) is 0.667. The summed E-state index contributed by atoms with van der Waals surface area (Å²) in [4.78, 5) is 4.36. The number of rotatable bonds is 2. The predicted molar refractivity (Wildman–Crippen MR) is 82.7 cm³/mol. The van der Waals surface area contributed by atoms with Crippen molar-refractivity contribution >= 4 is 38.0 Å². The van der Waals surface area contributed by atoms with Gasteiger partial charge in [-0.15, -0.1) is 0 Å². The van der Waals surface area contributed by atoms with Crippen molar-refractivity contribution in [1.82, 2.24) is 9.27 Å². The maximum absolute atomic E-state index is 11.6. The molecule has 1 unspecified atom stereocenters. The molecular weight excluding hydrogens is 332 g/mol. The van der Waals surface area contributed by atoms with Crippen LogP contribution in [-0.2, 0) is 9.84 Å². The Balaban J connectivity index is 1.64. The summed E-state index contributed by atoms with van der Waals surface area (Å²) in [6.45, 7) is 3.15. The monoisotopic (exact) mass is 346 g/mol. The summed E-state index contributed by atoms with van der Waals surface area (Å²) in [6.07, 6.45) is 0.734. The Hall–Kier alpha value is -0.880. The van der Waals surface area contributed by atoms with Crippen molar-refractivity contribution in [1.29, 1.82) is 5.26 Å². The van der Waals surface area contributed by atoms with Gasteiger partial charge < -0.3 is 4.90 Å². The molecule has 0 saturated carbocycles. The van der Waals surface area contributed by atoms with E-state index in [-0.39, 0.29) is 16.9 Å². The highest BCUT2D eigenvalue weighted by molar-refractivity contribution is 7.91. The lowest BCUT2D eigenvalue weighted by atomic mass is 10.2. The molecular formula is C12H15ClN4O2S2. The molecule has 2 fully saturated rings. The van der Waals surface area contributed by atoms with E-state index in [1.54, 1.807) is 0 Å². The van der Waals surface area contributed by atoms with Gasteiger partial charge in [-0.25, -0.2) is 8.42 Å². The van der Waals surface area contributed by atoms with Gasteiger partial charge in [-0.05, 0) is 18.0 Å². The first-order valence-electron chi connectivity index (χ1n) is 6.75. The minimum Gasteiger partial charge on any atom is -0.358 e. The quantitative estimate of drug-likeness (QED) is 0.794. The van der Waals surface area contributed by atoms with Crippen molar-refractivity contribution in [2.75, 3.05) is 42.6 Å². The molecule has 21 heavy (non-hydrogen) atoms. The normalized spacial score (nSPS) is 25.9. The van der Waals surface area contributed by atoms with E-state index in [0.717, 1.165) is 37.6 Å². The van der Waals surface area contributed by atoms with Crippen LogP contribution < -0.4 is 4.90 Å². The van der Waals surface area contributed by atoms with Crippen LogP contribution in [0.25, 0.3) is 0 Å². The highest BCUT2D eigenvalue weighted by atomic mass is 35.5. The van der Waals surface area contributed by atoms with Crippen LogP contribution in [0.15, 0.2) is 0 Å². The van der Waals surface area contributed by atoms with Crippen molar-refractivity contribution in [3.63, 3.8) is 0 Å². The Labute approximate surface area is 133 Å². The molecule has 2 saturated heterocycles. The van der Waals surface area contributed by atoms with Crippen molar-refractivity contribution in [2.24, 2.45) is 0 Å². The van der Waals surface area contributed by atoms with E-state index in [4.69, 9.17) is 16.9 Å². The summed E-state index contributed by atoms with van der Waals surface area (Å²) in [5.41, 5.74) is 0.443. The average molecular weight is 347 g/mol. The van der Waals surface area contributed by atoms with Crippen LogP contribution in [-0.4, -0.2) is 61.4 Å². The molecule has 1 aromatic rings. The number of anilines is 1. The molecule has 1 aromatic heterocycles. The molecule has 2 aliphatic heterocycles. The van der Waals surface area contributed by atoms with Crippen molar-refractivity contribution < 1.29 is 8.42 Å². The van der Waals surface area contributed by atoms with Gasteiger partial charge in [-0.2, -0.15) is 9.64 Å². The summed E-state index contributed by atoms with van der Waals surface area (Å²) in [5, 5.41) is 10.2. The van der Waals surface area contributed by atoms with Crippen LogP contribution >= 0.6 is 23.1 Å². The molecule has 0 bridgehead atoms. The summed E-state index contributed by atoms with van der Waals surface area (Å²) in [7, 11) is -2.84. The summed E-state index contributed by atoms with van der Waals surface area (Å²) in [5.74, 6) is 0.587. The molecule has 2 aliphatic rings. The Morgan fingerprint density at radius 1 is 1.33 bits per heavy atom. The fourth-order valence-corrected chi connectivity index (χ4v) is 5.77. The zero-order valence-electron chi connectivity index (χ0n) is 11.3. The topological polar surface area (TPSA) is 77.3 Å². The van der Waals surface area contributed by atoms with Crippen LogP contribution in [0.2, 0.25) is 5.15 Å². The van der Waals surface area contributed by atoms with E-state index in [0.29, 0.717) is 11.3 Å². The van der Waals surface area contributed by atoms with E-state index < -0.39 is 9.84 Å². The van der Waals surface area contributed by atoms with Gasteiger partial charge in [0.2, 0.25) is 0 Å². The fourth-order valence-electron chi connectivity index (χ4n) is 2.93. The number of halogens is 1. The second kappa shape index (κ2) is 5.72. The SMILES string of the molecule is N#Cc1c(Cl)nsc1N1CCN(C2CCS(=O)(=O)C2)CC1. The highest BCUT2D eigenvalue weighted by Gasteiger charge is 2.34. The largest absolute Gasteiger partial charge is 0.358 e. The van der Waals surface area contributed by atoms with Crippen LogP contribution in [0.4, 0.5) is 5.00 Å². The third kappa shape index (κ3) is 3.01. The zero-order chi connectivity index (χ0) is 15.0. The molecule has 6 nitrogen and oxygen atoms in total. The second-order valence-electron chi connectivity index (χ2n) is 5.35. The molecule has 0 N–H and O–H groups in total. The van der Waals surface area contributed by atoms with Gasteiger partial charge in [0.1, 0.15) is 16.6 Å². The standard InChI is InChI=1S/C12H15ClN4O2S2/c13-11-10(7-14)12(20-15-11)17-4-2-16(3-5-17)9-1-6-21(18,19)8-9/h9H,1-6,8H2. The van der Waals surface area contributed by atoms with Crippen molar-refractivity contribution in [3.05, 3.63) is 10.7 Å². The van der Waals surface area contributed by atoms with Crippen LogP contribution in [0.1, 0.15) is 12.0 Å². The number of nitriles is 1. The third-order valence-corrected chi connectivity index (χ3v) is 7.10. The maximum atomic E-state index is 11.6. The van der Waals surface area contributed by atoms with Gasteiger partial charge in [0.25, 0.3) is 0 Å². The molecule has 0 aliphatic carbocycles. The smallest absolute Gasteiger partial charge is 0.162 e. The molecule has 0 spiro atoms. The maximum Gasteiger partial charge on any atom is 0.162 e. The molecule has 0 amide bonds. The summed E-state index contributed by atoms with van der Waals surface area (Å²) >= 11 is 7.15. The zero-order valence-corrected chi connectivity index (χ0v) is 13.7. The number of piperazine rings is 1. The van der Waals surface area contributed by atoms with Gasteiger partial charge in [0, 0.05) is 32.2 Å². The first kappa shape index (κ1) is 15.0. The second-order valence-corrected chi connectivity index (χ2v) is 8.68. The summed E-state index contributed by atoms with van der Waals surface area (Å²) in [6, 6.07) is 2.25.